The quantitative estimate of drug-likeness (QED) is 0.593. The van der Waals surface area contributed by atoms with Crippen molar-refractivity contribution in [3.63, 3.8) is 0 Å². The molecule has 7 heteroatoms. The summed E-state index contributed by atoms with van der Waals surface area (Å²) in [4.78, 5) is 11.7. The zero-order chi connectivity index (χ0) is 19.3. The zero-order valence-electron chi connectivity index (χ0n) is 15.3. The summed E-state index contributed by atoms with van der Waals surface area (Å²) in [5.74, 6) is 0.149. The Morgan fingerprint density at radius 1 is 1.04 bits per heavy atom. The van der Waals surface area contributed by atoms with Gasteiger partial charge in [-0.2, -0.15) is 0 Å². The van der Waals surface area contributed by atoms with E-state index in [0.717, 1.165) is 16.9 Å². The molecule has 26 heavy (non-hydrogen) atoms. The molecule has 2 aromatic rings. The SMILES string of the molecule is COC(=O)c1cc(S(=O)(=O)NCCOc2ccc(C)cc2C)ccc1C. The third-order valence-corrected chi connectivity index (χ3v) is 5.37. The van der Waals surface area contributed by atoms with Crippen LogP contribution in [0.25, 0.3) is 0 Å². The number of carbonyl (C=O) groups is 1. The summed E-state index contributed by atoms with van der Waals surface area (Å²) in [6.07, 6.45) is 0. The summed E-state index contributed by atoms with van der Waals surface area (Å²) in [7, 11) is -2.49. The van der Waals surface area contributed by atoms with E-state index in [-0.39, 0.29) is 23.6 Å². The van der Waals surface area contributed by atoms with E-state index >= 15 is 0 Å². The molecule has 0 saturated heterocycles. The molecular weight excluding hydrogens is 354 g/mol. The molecule has 0 heterocycles. The number of aryl methyl sites for hydroxylation is 3. The van der Waals surface area contributed by atoms with Crippen molar-refractivity contribution in [2.75, 3.05) is 20.3 Å². The Morgan fingerprint density at radius 3 is 2.42 bits per heavy atom. The number of methoxy groups -OCH3 is 1. The summed E-state index contributed by atoms with van der Waals surface area (Å²) in [5, 5.41) is 0. The van der Waals surface area contributed by atoms with Crippen molar-refractivity contribution in [3.8, 4) is 5.75 Å². The number of nitrogens with one attached hydrogen (secondary N) is 1. The average molecular weight is 377 g/mol. The van der Waals surface area contributed by atoms with E-state index in [4.69, 9.17) is 4.74 Å². The fourth-order valence-electron chi connectivity index (χ4n) is 2.48. The fourth-order valence-corrected chi connectivity index (χ4v) is 3.52. The standard InChI is InChI=1S/C19H23NO5S/c1-13-5-8-18(15(3)11-13)25-10-9-20-26(22,23)16-7-6-14(2)17(12-16)19(21)24-4/h5-8,11-12,20H,9-10H2,1-4H3. The number of esters is 1. The van der Waals surface area contributed by atoms with Gasteiger partial charge in [-0.15, -0.1) is 0 Å². The largest absolute Gasteiger partial charge is 0.492 e. The Hall–Kier alpha value is -2.38. The van der Waals surface area contributed by atoms with E-state index in [1.165, 1.54) is 19.2 Å². The van der Waals surface area contributed by atoms with Crippen molar-refractivity contribution in [2.45, 2.75) is 25.7 Å². The molecule has 0 aliphatic carbocycles. The number of sulfonamides is 1. The maximum Gasteiger partial charge on any atom is 0.338 e. The number of carbonyl (C=O) groups excluding carboxylic acids is 1. The second-order valence-electron chi connectivity index (χ2n) is 5.98. The van der Waals surface area contributed by atoms with Gasteiger partial charge in [-0.1, -0.05) is 23.8 Å². The lowest BCUT2D eigenvalue weighted by atomic mass is 10.1. The minimum absolute atomic E-state index is 0.00927. The molecule has 0 aromatic heterocycles. The summed E-state index contributed by atoms with van der Waals surface area (Å²) >= 11 is 0. The Balaban J connectivity index is 2.01. The third-order valence-electron chi connectivity index (χ3n) is 3.91. The smallest absolute Gasteiger partial charge is 0.338 e. The highest BCUT2D eigenvalue weighted by Gasteiger charge is 2.18. The van der Waals surface area contributed by atoms with Gasteiger partial charge in [0.1, 0.15) is 12.4 Å². The van der Waals surface area contributed by atoms with Crippen molar-refractivity contribution in [3.05, 3.63) is 58.7 Å². The van der Waals surface area contributed by atoms with Gasteiger partial charge in [0.15, 0.2) is 0 Å². The van der Waals surface area contributed by atoms with Crippen molar-refractivity contribution in [1.82, 2.24) is 4.72 Å². The van der Waals surface area contributed by atoms with Crippen LogP contribution in [0.15, 0.2) is 41.3 Å². The number of benzene rings is 2. The average Bonchev–Trinajstić information content (AvgIpc) is 2.59. The van der Waals surface area contributed by atoms with Crippen LogP contribution in [0.4, 0.5) is 0 Å². The molecule has 0 saturated carbocycles. The highest BCUT2D eigenvalue weighted by Crippen LogP contribution is 2.19. The number of hydrogen-bond donors (Lipinski definition) is 1. The number of hydrogen-bond acceptors (Lipinski definition) is 5. The van der Waals surface area contributed by atoms with Crippen molar-refractivity contribution >= 4 is 16.0 Å². The Kier molecular flexibility index (Phi) is 6.39. The third kappa shape index (κ3) is 4.83. The second kappa shape index (κ2) is 8.33. The van der Waals surface area contributed by atoms with Crippen LogP contribution in [0.1, 0.15) is 27.0 Å². The first-order chi connectivity index (χ1) is 12.2. The molecule has 2 aromatic carbocycles. The van der Waals surface area contributed by atoms with Gasteiger partial charge in [-0.3, -0.25) is 0 Å². The molecule has 6 nitrogen and oxygen atoms in total. The Morgan fingerprint density at radius 2 is 1.77 bits per heavy atom. The minimum atomic E-state index is -3.75. The maximum atomic E-state index is 12.4. The van der Waals surface area contributed by atoms with E-state index in [2.05, 4.69) is 9.46 Å². The zero-order valence-corrected chi connectivity index (χ0v) is 16.1. The predicted molar refractivity (Wildman–Crippen MR) is 99.1 cm³/mol. The van der Waals surface area contributed by atoms with Gasteiger partial charge >= 0.3 is 5.97 Å². The summed E-state index contributed by atoms with van der Waals surface area (Å²) < 4.78 is 37.6. The molecule has 0 amide bonds. The van der Waals surface area contributed by atoms with Gasteiger partial charge in [-0.05, 0) is 50.1 Å². The van der Waals surface area contributed by atoms with Crippen molar-refractivity contribution in [1.29, 1.82) is 0 Å². The molecule has 0 atom stereocenters. The Labute approximate surface area is 154 Å². The lowest BCUT2D eigenvalue weighted by Gasteiger charge is -2.12. The lowest BCUT2D eigenvalue weighted by Crippen LogP contribution is -2.28. The summed E-state index contributed by atoms with van der Waals surface area (Å²) in [6, 6.07) is 10.1. The van der Waals surface area contributed by atoms with Gasteiger partial charge in [-0.25, -0.2) is 17.9 Å². The topological polar surface area (TPSA) is 81.7 Å². The summed E-state index contributed by atoms with van der Waals surface area (Å²) in [5.41, 5.74) is 3.00. The van der Waals surface area contributed by atoms with Crippen LogP contribution >= 0.6 is 0 Å². The molecule has 0 bridgehead atoms. The van der Waals surface area contributed by atoms with Crippen LogP contribution in [0, 0.1) is 20.8 Å². The first-order valence-electron chi connectivity index (χ1n) is 8.13. The second-order valence-corrected chi connectivity index (χ2v) is 7.75. The van der Waals surface area contributed by atoms with Gasteiger partial charge in [0, 0.05) is 6.54 Å². The number of ether oxygens (including phenoxy) is 2. The normalized spacial score (nSPS) is 11.2. The maximum absolute atomic E-state index is 12.4. The molecule has 2 rings (SSSR count). The lowest BCUT2D eigenvalue weighted by molar-refractivity contribution is 0.0599. The molecule has 0 unspecified atom stereocenters. The molecule has 0 aliphatic rings. The van der Waals surface area contributed by atoms with Crippen LogP contribution in [-0.4, -0.2) is 34.6 Å². The number of rotatable bonds is 7. The van der Waals surface area contributed by atoms with Crippen molar-refractivity contribution < 1.29 is 22.7 Å². The van der Waals surface area contributed by atoms with Crippen LogP contribution < -0.4 is 9.46 Å². The molecule has 0 aliphatic heterocycles. The molecule has 0 radical (unpaired) electrons. The Bertz CT molecular complexity index is 906. The molecule has 140 valence electrons. The fraction of sp³-hybridized carbons (Fsp3) is 0.316. The van der Waals surface area contributed by atoms with Crippen LogP contribution in [0.5, 0.6) is 5.75 Å². The molecule has 0 fully saturated rings. The minimum Gasteiger partial charge on any atom is -0.492 e. The van der Waals surface area contributed by atoms with Gasteiger partial charge < -0.3 is 9.47 Å². The van der Waals surface area contributed by atoms with Crippen LogP contribution in [-0.2, 0) is 14.8 Å². The van der Waals surface area contributed by atoms with Gasteiger partial charge in [0.25, 0.3) is 0 Å². The van der Waals surface area contributed by atoms with E-state index in [1.807, 2.05) is 32.0 Å². The van der Waals surface area contributed by atoms with Crippen molar-refractivity contribution in [2.24, 2.45) is 0 Å². The highest BCUT2D eigenvalue weighted by atomic mass is 32.2. The van der Waals surface area contributed by atoms with Crippen LogP contribution in [0.3, 0.4) is 0 Å². The highest BCUT2D eigenvalue weighted by molar-refractivity contribution is 7.89. The first kappa shape index (κ1) is 19.9. The predicted octanol–water partition coefficient (Wildman–Crippen LogP) is 2.76. The van der Waals surface area contributed by atoms with E-state index in [1.54, 1.807) is 13.0 Å². The molecule has 0 spiro atoms. The molecular formula is C19H23NO5S. The monoisotopic (exact) mass is 377 g/mol. The van der Waals surface area contributed by atoms with E-state index in [9.17, 15) is 13.2 Å². The first-order valence-corrected chi connectivity index (χ1v) is 9.61. The molecule has 1 N–H and O–H groups in total. The van der Waals surface area contributed by atoms with E-state index in [0.29, 0.717) is 5.56 Å². The summed E-state index contributed by atoms with van der Waals surface area (Å²) in [6.45, 7) is 5.95. The van der Waals surface area contributed by atoms with Gasteiger partial charge in [0.05, 0.1) is 17.6 Å². The van der Waals surface area contributed by atoms with E-state index < -0.39 is 16.0 Å². The van der Waals surface area contributed by atoms with Crippen LogP contribution in [0.2, 0.25) is 0 Å². The van der Waals surface area contributed by atoms with Gasteiger partial charge in [0.2, 0.25) is 10.0 Å².